The van der Waals surface area contributed by atoms with Crippen molar-refractivity contribution in [3.05, 3.63) is 51.4 Å². The number of aromatic nitrogens is 2. The molecule has 0 aliphatic carbocycles. The Morgan fingerprint density at radius 2 is 2.00 bits per heavy atom. The first-order valence-corrected chi connectivity index (χ1v) is 7.37. The quantitative estimate of drug-likeness (QED) is 0.816. The summed E-state index contributed by atoms with van der Waals surface area (Å²) >= 11 is 12.1. The van der Waals surface area contributed by atoms with Crippen LogP contribution >= 0.6 is 23.2 Å². The number of nitrogens with zero attached hydrogens (tertiary/aromatic N) is 2. The Labute approximate surface area is 129 Å². The minimum absolute atomic E-state index is 0.511. The Morgan fingerprint density at radius 3 is 2.70 bits per heavy atom. The first kappa shape index (κ1) is 15.1. The van der Waals surface area contributed by atoms with E-state index in [0.717, 1.165) is 40.6 Å². The molecule has 0 bridgehead atoms. The molecule has 1 aromatic heterocycles. The number of nitrogens with one attached hydrogen (secondary N) is 1. The highest BCUT2D eigenvalue weighted by molar-refractivity contribution is 6.30. The monoisotopic (exact) mass is 309 g/mol. The third-order valence-electron chi connectivity index (χ3n) is 2.96. The number of hydrogen-bond acceptors (Lipinski definition) is 3. The van der Waals surface area contributed by atoms with Crippen molar-refractivity contribution in [1.29, 1.82) is 0 Å². The highest BCUT2D eigenvalue weighted by Crippen LogP contribution is 2.21. The number of halogens is 2. The topological polar surface area (TPSA) is 37.8 Å². The molecule has 2 rings (SSSR count). The molecule has 1 N–H and O–H groups in total. The van der Waals surface area contributed by atoms with E-state index >= 15 is 0 Å². The first-order chi connectivity index (χ1) is 9.60. The van der Waals surface area contributed by atoms with Gasteiger partial charge in [-0.15, -0.1) is 0 Å². The lowest BCUT2D eigenvalue weighted by molar-refractivity contribution is 0.830. The van der Waals surface area contributed by atoms with E-state index < -0.39 is 0 Å². The summed E-state index contributed by atoms with van der Waals surface area (Å²) in [5, 5.41) is 4.54. The van der Waals surface area contributed by atoms with Crippen LogP contribution < -0.4 is 5.32 Å². The molecule has 20 heavy (non-hydrogen) atoms. The SMILES string of the molecule is CCCc1nc(Cl)c(C)c(NCc2cccc(Cl)c2)n1. The molecule has 0 fully saturated rings. The molecular weight excluding hydrogens is 293 g/mol. The van der Waals surface area contributed by atoms with E-state index in [0.29, 0.717) is 11.7 Å². The standard InChI is InChI=1S/C15H17Cl2N3/c1-3-5-13-19-14(17)10(2)15(20-13)18-9-11-6-4-7-12(16)8-11/h4,6-8H,3,5,9H2,1-2H3,(H,18,19,20). The number of anilines is 1. The summed E-state index contributed by atoms with van der Waals surface area (Å²) in [5.74, 6) is 1.56. The second kappa shape index (κ2) is 6.91. The van der Waals surface area contributed by atoms with Gasteiger partial charge in [0.2, 0.25) is 0 Å². The van der Waals surface area contributed by atoms with Crippen LogP contribution in [0.2, 0.25) is 10.2 Å². The van der Waals surface area contributed by atoms with Crippen molar-refractivity contribution in [2.24, 2.45) is 0 Å². The van der Waals surface area contributed by atoms with Gasteiger partial charge in [-0.3, -0.25) is 0 Å². The van der Waals surface area contributed by atoms with Gasteiger partial charge in [-0.2, -0.15) is 0 Å². The second-order valence-corrected chi connectivity index (χ2v) is 5.43. The van der Waals surface area contributed by atoms with E-state index in [1.165, 1.54) is 0 Å². The van der Waals surface area contributed by atoms with Crippen molar-refractivity contribution in [2.75, 3.05) is 5.32 Å². The Bertz CT molecular complexity index is 600. The molecule has 0 amide bonds. The van der Waals surface area contributed by atoms with Crippen molar-refractivity contribution < 1.29 is 0 Å². The fourth-order valence-corrected chi connectivity index (χ4v) is 2.27. The normalized spacial score (nSPS) is 10.6. The Morgan fingerprint density at radius 1 is 1.20 bits per heavy atom. The number of rotatable bonds is 5. The van der Waals surface area contributed by atoms with Crippen LogP contribution in [-0.2, 0) is 13.0 Å². The number of benzene rings is 1. The second-order valence-electron chi connectivity index (χ2n) is 4.64. The molecule has 0 saturated carbocycles. The van der Waals surface area contributed by atoms with E-state index in [2.05, 4.69) is 22.2 Å². The first-order valence-electron chi connectivity index (χ1n) is 6.61. The van der Waals surface area contributed by atoms with Gasteiger partial charge >= 0.3 is 0 Å². The fraction of sp³-hybridized carbons (Fsp3) is 0.333. The lowest BCUT2D eigenvalue weighted by Crippen LogP contribution is -2.07. The molecule has 5 heteroatoms. The molecule has 0 aliphatic heterocycles. The number of hydrogen-bond donors (Lipinski definition) is 1. The smallest absolute Gasteiger partial charge is 0.137 e. The van der Waals surface area contributed by atoms with Gasteiger partial charge in [-0.05, 0) is 31.0 Å². The van der Waals surface area contributed by atoms with E-state index in [4.69, 9.17) is 23.2 Å². The number of aryl methyl sites for hydroxylation is 1. The lowest BCUT2D eigenvalue weighted by atomic mass is 10.2. The zero-order chi connectivity index (χ0) is 14.5. The highest BCUT2D eigenvalue weighted by atomic mass is 35.5. The van der Waals surface area contributed by atoms with Crippen LogP contribution in [0, 0.1) is 6.92 Å². The van der Waals surface area contributed by atoms with E-state index in [1.807, 2.05) is 31.2 Å². The average Bonchev–Trinajstić information content (AvgIpc) is 2.41. The molecular formula is C15H17Cl2N3. The molecule has 0 saturated heterocycles. The molecule has 0 radical (unpaired) electrons. The fourth-order valence-electron chi connectivity index (χ4n) is 1.87. The minimum atomic E-state index is 0.511. The van der Waals surface area contributed by atoms with Crippen LogP contribution in [0.15, 0.2) is 24.3 Å². The largest absolute Gasteiger partial charge is 0.366 e. The van der Waals surface area contributed by atoms with Gasteiger partial charge in [-0.25, -0.2) is 9.97 Å². The molecule has 2 aromatic rings. The van der Waals surface area contributed by atoms with Crippen LogP contribution in [0.5, 0.6) is 0 Å². The van der Waals surface area contributed by atoms with E-state index in [-0.39, 0.29) is 0 Å². The predicted octanol–water partition coefficient (Wildman–Crippen LogP) is 4.66. The third kappa shape index (κ3) is 3.84. The molecule has 1 heterocycles. The third-order valence-corrected chi connectivity index (χ3v) is 3.56. The van der Waals surface area contributed by atoms with Gasteiger partial charge in [0.1, 0.15) is 16.8 Å². The zero-order valence-electron chi connectivity index (χ0n) is 11.6. The summed E-state index contributed by atoms with van der Waals surface area (Å²) in [4.78, 5) is 8.81. The highest BCUT2D eigenvalue weighted by Gasteiger charge is 2.08. The van der Waals surface area contributed by atoms with Gasteiger partial charge in [0.15, 0.2) is 0 Å². The van der Waals surface area contributed by atoms with Gasteiger partial charge < -0.3 is 5.32 Å². The zero-order valence-corrected chi connectivity index (χ0v) is 13.1. The predicted molar refractivity (Wildman–Crippen MR) is 84.6 cm³/mol. The van der Waals surface area contributed by atoms with E-state index in [1.54, 1.807) is 0 Å². The summed E-state index contributed by atoms with van der Waals surface area (Å²) in [6.45, 7) is 4.66. The van der Waals surface area contributed by atoms with Crippen molar-refractivity contribution in [1.82, 2.24) is 9.97 Å². The summed E-state index contributed by atoms with van der Waals surface area (Å²) in [6.07, 6.45) is 1.82. The van der Waals surface area contributed by atoms with Crippen LogP contribution in [0.4, 0.5) is 5.82 Å². The maximum absolute atomic E-state index is 6.15. The van der Waals surface area contributed by atoms with E-state index in [9.17, 15) is 0 Å². The average molecular weight is 310 g/mol. The van der Waals surface area contributed by atoms with Crippen LogP contribution in [0.1, 0.15) is 30.3 Å². The van der Waals surface area contributed by atoms with Gasteiger partial charge in [-0.1, -0.05) is 42.3 Å². The molecule has 3 nitrogen and oxygen atoms in total. The molecule has 1 aromatic carbocycles. The van der Waals surface area contributed by atoms with Crippen molar-refractivity contribution in [3.8, 4) is 0 Å². The Balaban J connectivity index is 2.16. The summed E-state index contributed by atoms with van der Waals surface area (Å²) < 4.78 is 0. The van der Waals surface area contributed by atoms with Crippen LogP contribution in [-0.4, -0.2) is 9.97 Å². The minimum Gasteiger partial charge on any atom is -0.366 e. The van der Waals surface area contributed by atoms with Gasteiger partial charge in [0.05, 0.1) is 0 Å². The summed E-state index contributed by atoms with van der Waals surface area (Å²) in [7, 11) is 0. The molecule has 106 valence electrons. The lowest BCUT2D eigenvalue weighted by Gasteiger charge is -2.11. The molecule has 0 aliphatic rings. The van der Waals surface area contributed by atoms with Crippen molar-refractivity contribution in [2.45, 2.75) is 33.2 Å². The summed E-state index contributed by atoms with van der Waals surface area (Å²) in [5.41, 5.74) is 1.97. The molecule has 0 atom stereocenters. The summed E-state index contributed by atoms with van der Waals surface area (Å²) in [6, 6.07) is 7.74. The van der Waals surface area contributed by atoms with Crippen LogP contribution in [0.3, 0.4) is 0 Å². The van der Waals surface area contributed by atoms with Gasteiger partial charge in [0.25, 0.3) is 0 Å². The molecule has 0 spiro atoms. The van der Waals surface area contributed by atoms with Gasteiger partial charge in [0, 0.05) is 23.6 Å². The molecule has 0 unspecified atom stereocenters. The Hall–Kier alpha value is -1.32. The Kier molecular flexibility index (Phi) is 5.21. The van der Waals surface area contributed by atoms with Crippen LogP contribution in [0.25, 0.3) is 0 Å². The van der Waals surface area contributed by atoms with Crippen molar-refractivity contribution in [3.63, 3.8) is 0 Å². The maximum Gasteiger partial charge on any atom is 0.137 e. The maximum atomic E-state index is 6.15. The van der Waals surface area contributed by atoms with Crippen molar-refractivity contribution >= 4 is 29.0 Å².